The zero-order valence-corrected chi connectivity index (χ0v) is 38.0. The highest BCUT2D eigenvalue weighted by atomic mass is 31.2. The van der Waals surface area contributed by atoms with E-state index in [1.807, 2.05) is 27.2 Å². The summed E-state index contributed by atoms with van der Waals surface area (Å²) in [7, 11) is 1.09. The van der Waals surface area contributed by atoms with Gasteiger partial charge < -0.3 is 37.1 Å². The van der Waals surface area contributed by atoms with Gasteiger partial charge in [0, 0.05) is 25.7 Å². The molecule has 1 aliphatic rings. The van der Waals surface area contributed by atoms with E-state index in [2.05, 4.69) is 58.1 Å². The average Bonchev–Trinajstić information content (AvgIpc) is 3.87. The van der Waals surface area contributed by atoms with E-state index in [9.17, 15) is 19.0 Å². The largest absolute Gasteiger partial charge is 0.756 e. The number of quaternary nitrogens is 1. The van der Waals surface area contributed by atoms with Crippen LogP contribution in [0, 0.1) is 13.8 Å². The van der Waals surface area contributed by atoms with E-state index in [1.54, 1.807) is 0 Å². The Bertz CT molecular complexity index is 1430. The fourth-order valence-corrected chi connectivity index (χ4v) is 7.11. The number of hydrogen-bond donors (Lipinski definition) is 0. The Morgan fingerprint density at radius 3 is 2.02 bits per heavy atom. The molecular weight excluding hydrogens is 757 g/mol. The monoisotopic (exact) mass is 836 g/mol. The maximum atomic E-state index is 12.7. The molecule has 0 aliphatic carbocycles. The number of ether oxygens (including phenoxy) is 3. The maximum Gasteiger partial charge on any atom is 0.306 e. The van der Waals surface area contributed by atoms with Gasteiger partial charge in [0.2, 0.25) is 0 Å². The standard InChI is InChI=1S/C46H78NO10P/c1-8-10-11-12-13-14-15-19-24-30-43-44(57-43)31-25-21-22-27-33-46(49)55-40(37-54-58(50,51)53-35-34-47(5,6)7)36-52-45(48)32-26-20-17-16-18-23-29-42-39(4)38(3)41(56-42)28-9-2/h13-14,19,21,24-25,40,43-44H,8-12,15-18,20,22-23,26-37H2,1-7H3/b14-13-,24-19-,25-21-/t40-,43?,44?/m1/s1. The molecule has 1 aromatic rings. The highest BCUT2D eigenvalue weighted by Crippen LogP contribution is 2.38. The molecule has 1 fully saturated rings. The molecule has 12 heteroatoms. The Morgan fingerprint density at radius 2 is 1.33 bits per heavy atom. The summed E-state index contributed by atoms with van der Waals surface area (Å²) in [6.07, 6.45) is 30.6. The van der Waals surface area contributed by atoms with Crippen LogP contribution in [0.25, 0.3) is 0 Å². The first-order valence-corrected chi connectivity index (χ1v) is 23.6. The summed E-state index contributed by atoms with van der Waals surface area (Å²) < 4.78 is 45.8. The minimum absolute atomic E-state index is 0.0534. The fraction of sp³-hybridized carbons (Fsp3) is 0.739. The zero-order valence-electron chi connectivity index (χ0n) is 37.1. The number of hydrogen-bond acceptors (Lipinski definition) is 10. The highest BCUT2D eigenvalue weighted by molar-refractivity contribution is 7.45. The molecule has 0 N–H and O–H groups in total. The maximum absolute atomic E-state index is 12.7. The first kappa shape index (κ1) is 51.6. The molecule has 1 aliphatic heterocycles. The molecule has 11 nitrogen and oxygen atoms in total. The molecular formula is C46H78NO10P. The molecule has 332 valence electrons. The molecule has 0 aromatic carbocycles. The molecule has 1 aromatic heterocycles. The number of phosphoric acid groups is 1. The van der Waals surface area contributed by atoms with Gasteiger partial charge in [0.25, 0.3) is 7.82 Å². The molecule has 0 spiro atoms. The van der Waals surface area contributed by atoms with E-state index < -0.39 is 32.5 Å². The van der Waals surface area contributed by atoms with Crippen molar-refractivity contribution in [3.05, 3.63) is 59.1 Å². The summed E-state index contributed by atoms with van der Waals surface area (Å²) in [5.74, 6) is 1.29. The SMILES string of the molecule is CCCCC/C=C\C/C=C\CC1OC1C/C=C\CCCC(=O)O[C@H](COC(=O)CCCCCCCCc1oc(CCC)c(C)c1C)COP(=O)([O-])OCC[N+](C)(C)C. The Labute approximate surface area is 351 Å². The Morgan fingerprint density at radius 1 is 0.724 bits per heavy atom. The van der Waals surface area contributed by atoms with Gasteiger partial charge in [-0.3, -0.25) is 14.2 Å². The second kappa shape index (κ2) is 29.7. The van der Waals surface area contributed by atoms with Crippen molar-refractivity contribution in [2.24, 2.45) is 0 Å². The van der Waals surface area contributed by atoms with Crippen molar-refractivity contribution >= 4 is 19.8 Å². The van der Waals surface area contributed by atoms with Crippen LogP contribution >= 0.6 is 7.82 Å². The van der Waals surface area contributed by atoms with Crippen LogP contribution in [0.1, 0.15) is 152 Å². The lowest BCUT2D eigenvalue weighted by molar-refractivity contribution is -0.870. The molecule has 0 radical (unpaired) electrons. The Balaban J connectivity index is 1.67. The second-order valence-electron chi connectivity index (χ2n) is 16.7. The van der Waals surface area contributed by atoms with Crippen LogP contribution in [0.3, 0.4) is 0 Å². The smallest absolute Gasteiger partial charge is 0.306 e. The Kier molecular flexibility index (Phi) is 26.4. The second-order valence-corrected chi connectivity index (χ2v) is 18.1. The van der Waals surface area contributed by atoms with Crippen LogP contribution in [0.5, 0.6) is 0 Å². The van der Waals surface area contributed by atoms with Gasteiger partial charge in [0.05, 0.1) is 40.0 Å². The lowest BCUT2D eigenvalue weighted by Crippen LogP contribution is -2.37. The van der Waals surface area contributed by atoms with Gasteiger partial charge in [-0.2, -0.15) is 0 Å². The molecule has 2 rings (SSSR count). The van der Waals surface area contributed by atoms with Crippen molar-refractivity contribution in [1.82, 2.24) is 0 Å². The summed E-state index contributed by atoms with van der Waals surface area (Å²) in [6.45, 7) is 8.27. The molecule has 1 saturated heterocycles. The normalized spacial score (nSPS) is 17.4. The van der Waals surface area contributed by atoms with E-state index in [4.69, 9.17) is 27.7 Å². The molecule has 0 saturated carbocycles. The number of unbranched alkanes of at least 4 members (excludes halogenated alkanes) is 9. The zero-order chi connectivity index (χ0) is 42.7. The molecule has 58 heavy (non-hydrogen) atoms. The molecule has 0 amide bonds. The van der Waals surface area contributed by atoms with Crippen LogP contribution in [0.2, 0.25) is 0 Å². The fourth-order valence-electron chi connectivity index (χ4n) is 6.38. The number of carbonyl (C=O) groups excluding carboxylic acids is 2. The quantitative estimate of drug-likeness (QED) is 0.0162. The van der Waals surface area contributed by atoms with Crippen LogP contribution in [0.4, 0.5) is 0 Å². The van der Waals surface area contributed by atoms with Crippen molar-refractivity contribution in [3.63, 3.8) is 0 Å². The van der Waals surface area contributed by atoms with Crippen LogP contribution in [0.15, 0.2) is 40.9 Å². The summed E-state index contributed by atoms with van der Waals surface area (Å²) in [5.41, 5.74) is 2.57. The number of carbonyl (C=O) groups is 2. The van der Waals surface area contributed by atoms with Crippen LogP contribution in [-0.4, -0.2) is 82.2 Å². The van der Waals surface area contributed by atoms with Crippen molar-refractivity contribution in [3.8, 4) is 0 Å². The van der Waals surface area contributed by atoms with Crippen LogP contribution < -0.4 is 4.89 Å². The number of allylic oxidation sites excluding steroid dienone is 4. The van der Waals surface area contributed by atoms with Gasteiger partial charge in [0.15, 0.2) is 6.10 Å². The molecule has 2 heterocycles. The third-order valence-corrected chi connectivity index (χ3v) is 11.2. The van der Waals surface area contributed by atoms with E-state index >= 15 is 0 Å². The number of nitrogens with zero attached hydrogens (tertiary/aromatic N) is 1. The minimum Gasteiger partial charge on any atom is -0.756 e. The molecule has 3 unspecified atom stereocenters. The van der Waals surface area contributed by atoms with Crippen molar-refractivity contribution in [1.29, 1.82) is 0 Å². The van der Waals surface area contributed by atoms with E-state index in [0.717, 1.165) is 88.6 Å². The van der Waals surface area contributed by atoms with Crippen LogP contribution in [-0.2, 0) is 50.3 Å². The van der Waals surface area contributed by atoms with Crippen molar-refractivity contribution < 1.29 is 51.2 Å². The predicted octanol–water partition coefficient (Wildman–Crippen LogP) is 10.1. The molecule has 4 atom stereocenters. The number of esters is 2. The highest BCUT2D eigenvalue weighted by Gasteiger charge is 2.36. The summed E-state index contributed by atoms with van der Waals surface area (Å²) >= 11 is 0. The number of phosphoric ester groups is 1. The number of aryl methyl sites for hydroxylation is 2. The van der Waals surface area contributed by atoms with Gasteiger partial charge in [-0.1, -0.05) is 88.8 Å². The first-order valence-electron chi connectivity index (χ1n) is 22.2. The summed E-state index contributed by atoms with van der Waals surface area (Å²) in [6, 6.07) is 0. The topological polar surface area (TPSA) is 137 Å². The summed E-state index contributed by atoms with van der Waals surface area (Å²) in [5, 5.41) is 0. The minimum atomic E-state index is -4.66. The lowest BCUT2D eigenvalue weighted by atomic mass is 10.0. The number of furan rings is 1. The number of epoxide rings is 1. The summed E-state index contributed by atoms with van der Waals surface area (Å²) in [4.78, 5) is 37.7. The van der Waals surface area contributed by atoms with Gasteiger partial charge in [-0.05, 0) is 89.2 Å². The third kappa shape index (κ3) is 25.2. The van der Waals surface area contributed by atoms with Gasteiger partial charge in [-0.25, -0.2) is 0 Å². The van der Waals surface area contributed by atoms with Gasteiger partial charge in [-0.15, -0.1) is 0 Å². The average molecular weight is 836 g/mol. The first-order chi connectivity index (χ1) is 27.7. The third-order valence-electron chi connectivity index (χ3n) is 10.2. The number of likely N-dealkylation sites (N-methyl/N-ethyl adjacent to an activating group) is 1. The predicted molar refractivity (Wildman–Crippen MR) is 229 cm³/mol. The van der Waals surface area contributed by atoms with Gasteiger partial charge >= 0.3 is 11.9 Å². The van der Waals surface area contributed by atoms with E-state index in [-0.39, 0.29) is 38.3 Å². The van der Waals surface area contributed by atoms with Crippen molar-refractivity contribution in [2.45, 2.75) is 174 Å². The number of rotatable bonds is 35. The van der Waals surface area contributed by atoms with Crippen molar-refractivity contribution in [2.75, 3.05) is 47.5 Å². The van der Waals surface area contributed by atoms with E-state index in [1.165, 1.54) is 30.4 Å². The van der Waals surface area contributed by atoms with E-state index in [0.29, 0.717) is 30.3 Å². The Hall–Kier alpha value is -2.53. The molecule has 0 bridgehead atoms. The van der Waals surface area contributed by atoms with Gasteiger partial charge in [0.1, 0.15) is 31.3 Å². The lowest BCUT2D eigenvalue weighted by Gasteiger charge is -2.28.